The molecular weight excluding hydrogens is 318 g/mol. The second-order valence-electron chi connectivity index (χ2n) is 6.82. The van der Waals surface area contributed by atoms with Gasteiger partial charge in [-0.2, -0.15) is 0 Å². The molecule has 0 saturated carbocycles. The summed E-state index contributed by atoms with van der Waals surface area (Å²) in [5, 5.41) is 10.8. The zero-order valence-electron chi connectivity index (χ0n) is 15.0. The summed E-state index contributed by atoms with van der Waals surface area (Å²) in [6.45, 7) is 0.0730. The van der Waals surface area contributed by atoms with Crippen LogP contribution in [0.2, 0.25) is 0 Å². The minimum atomic E-state index is 0.0730. The van der Waals surface area contributed by atoms with Crippen molar-refractivity contribution in [2.45, 2.75) is 19.4 Å². The fraction of sp³-hybridized carbons (Fsp3) is 0.167. The SMILES string of the molecule is Cn1c(Cc2ccccc2)c(Cc2ccccc2)c2cc(CO)ccc21. The third-order valence-corrected chi connectivity index (χ3v) is 5.12. The van der Waals surface area contributed by atoms with Crippen LogP contribution in [0.4, 0.5) is 0 Å². The molecule has 26 heavy (non-hydrogen) atoms. The summed E-state index contributed by atoms with van der Waals surface area (Å²) >= 11 is 0. The lowest BCUT2D eigenvalue weighted by Gasteiger charge is -2.09. The van der Waals surface area contributed by atoms with Crippen molar-refractivity contribution in [3.8, 4) is 0 Å². The molecule has 1 aromatic heterocycles. The molecule has 2 nitrogen and oxygen atoms in total. The van der Waals surface area contributed by atoms with Gasteiger partial charge in [-0.3, -0.25) is 0 Å². The molecule has 0 fully saturated rings. The fourth-order valence-corrected chi connectivity index (χ4v) is 3.73. The molecule has 130 valence electrons. The summed E-state index contributed by atoms with van der Waals surface area (Å²) in [4.78, 5) is 0. The van der Waals surface area contributed by atoms with Crippen LogP contribution in [0.3, 0.4) is 0 Å². The molecule has 0 aliphatic carbocycles. The molecule has 1 heterocycles. The van der Waals surface area contributed by atoms with Crippen LogP contribution in [0.5, 0.6) is 0 Å². The third kappa shape index (κ3) is 3.16. The molecule has 4 aromatic rings. The third-order valence-electron chi connectivity index (χ3n) is 5.12. The molecule has 0 bridgehead atoms. The highest BCUT2D eigenvalue weighted by molar-refractivity contribution is 5.86. The maximum atomic E-state index is 9.58. The van der Waals surface area contributed by atoms with Crippen molar-refractivity contribution in [3.05, 3.63) is 107 Å². The van der Waals surface area contributed by atoms with Crippen molar-refractivity contribution in [3.63, 3.8) is 0 Å². The van der Waals surface area contributed by atoms with E-state index >= 15 is 0 Å². The summed E-state index contributed by atoms with van der Waals surface area (Å²) in [7, 11) is 2.15. The topological polar surface area (TPSA) is 25.2 Å². The molecule has 0 aliphatic heterocycles. The Balaban J connectivity index is 1.87. The van der Waals surface area contributed by atoms with Gasteiger partial charge in [0.2, 0.25) is 0 Å². The van der Waals surface area contributed by atoms with Crippen LogP contribution in [-0.2, 0) is 26.5 Å². The number of aliphatic hydroxyl groups excluding tert-OH is 1. The van der Waals surface area contributed by atoms with E-state index in [2.05, 4.69) is 84.4 Å². The maximum Gasteiger partial charge on any atom is 0.0682 e. The van der Waals surface area contributed by atoms with Gasteiger partial charge >= 0.3 is 0 Å². The lowest BCUT2D eigenvalue weighted by molar-refractivity contribution is 0.282. The Morgan fingerprint density at radius 3 is 1.96 bits per heavy atom. The molecule has 0 unspecified atom stereocenters. The monoisotopic (exact) mass is 341 g/mol. The second-order valence-corrected chi connectivity index (χ2v) is 6.82. The molecule has 0 amide bonds. The lowest BCUT2D eigenvalue weighted by atomic mass is 9.98. The van der Waals surface area contributed by atoms with Crippen LogP contribution in [0, 0.1) is 0 Å². The minimum Gasteiger partial charge on any atom is -0.392 e. The molecule has 1 N–H and O–H groups in total. The van der Waals surface area contributed by atoms with E-state index in [-0.39, 0.29) is 6.61 Å². The van der Waals surface area contributed by atoms with Crippen LogP contribution in [0.25, 0.3) is 10.9 Å². The van der Waals surface area contributed by atoms with E-state index in [1.54, 1.807) is 0 Å². The average molecular weight is 341 g/mol. The highest BCUT2D eigenvalue weighted by atomic mass is 16.3. The summed E-state index contributed by atoms with van der Waals surface area (Å²) < 4.78 is 2.31. The minimum absolute atomic E-state index is 0.0730. The molecule has 0 spiro atoms. The first kappa shape index (κ1) is 16.6. The Morgan fingerprint density at radius 2 is 1.35 bits per heavy atom. The normalized spacial score (nSPS) is 11.2. The number of rotatable bonds is 5. The number of aryl methyl sites for hydroxylation is 1. The number of nitrogens with zero attached hydrogens (tertiary/aromatic N) is 1. The van der Waals surface area contributed by atoms with Crippen LogP contribution in [-0.4, -0.2) is 9.67 Å². The quantitative estimate of drug-likeness (QED) is 0.551. The van der Waals surface area contributed by atoms with Crippen molar-refractivity contribution < 1.29 is 5.11 Å². The van der Waals surface area contributed by atoms with E-state index in [1.165, 1.54) is 33.3 Å². The Bertz CT molecular complexity index is 1020. The van der Waals surface area contributed by atoms with E-state index in [0.29, 0.717) is 0 Å². The Morgan fingerprint density at radius 1 is 0.731 bits per heavy atom. The number of aliphatic hydroxyl groups is 1. The molecule has 4 rings (SSSR count). The van der Waals surface area contributed by atoms with Gasteiger partial charge in [0, 0.05) is 30.1 Å². The highest BCUT2D eigenvalue weighted by Crippen LogP contribution is 2.30. The Hall–Kier alpha value is -2.84. The highest BCUT2D eigenvalue weighted by Gasteiger charge is 2.16. The van der Waals surface area contributed by atoms with Crippen molar-refractivity contribution in [2.75, 3.05) is 0 Å². The van der Waals surface area contributed by atoms with Gasteiger partial charge in [0.1, 0.15) is 0 Å². The number of aromatic nitrogens is 1. The van der Waals surface area contributed by atoms with Gasteiger partial charge in [0.15, 0.2) is 0 Å². The lowest BCUT2D eigenvalue weighted by Crippen LogP contribution is -2.01. The second kappa shape index (κ2) is 7.19. The van der Waals surface area contributed by atoms with E-state index in [9.17, 15) is 5.11 Å². The van der Waals surface area contributed by atoms with Crippen LogP contribution in [0.1, 0.15) is 27.9 Å². The van der Waals surface area contributed by atoms with Gasteiger partial charge in [0.05, 0.1) is 6.61 Å². The summed E-state index contributed by atoms with van der Waals surface area (Å²) in [6, 6.07) is 27.5. The smallest absolute Gasteiger partial charge is 0.0682 e. The van der Waals surface area contributed by atoms with Crippen LogP contribution in [0.15, 0.2) is 78.9 Å². The first-order valence-electron chi connectivity index (χ1n) is 9.04. The molecule has 3 aromatic carbocycles. The largest absolute Gasteiger partial charge is 0.392 e. The standard InChI is InChI=1S/C24H23NO/c1-25-23-13-12-20(17-26)15-21(23)22(14-18-8-4-2-5-9-18)24(25)16-19-10-6-3-7-11-19/h2-13,15,26H,14,16-17H2,1H3. The molecule has 0 aliphatic rings. The summed E-state index contributed by atoms with van der Waals surface area (Å²) in [5.41, 5.74) is 7.50. The predicted molar refractivity (Wildman–Crippen MR) is 107 cm³/mol. The summed E-state index contributed by atoms with van der Waals surface area (Å²) in [5.74, 6) is 0. The zero-order chi connectivity index (χ0) is 17.9. The first-order chi connectivity index (χ1) is 12.8. The molecule has 0 saturated heterocycles. The average Bonchev–Trinajstić information content (AvgIpc) is 2.95. The Kier molecular flexibility index (Phi) is 4.59. The van der Waals surface area contributed by atoms with Crippen LogP contribution < -0.4 is 0 Å². The molecule has 0 radical (unpaired) electrons. The van der Waals surface area contributed by atoms with E-state index in [1.807, 2.05) is 6.07 Å². The van der Waals surface area contributed by atoms with Gasteiger partial charge in [-0.25, -0.2) is 0 Å². The van der Waals surface area contributed by atoms with Crippen LogP contribution >= 0.6 is 0 Å². The number of fused-ring (bicyclic) bond motifs is 1. The maximum absolute atomic E-state index is 9.58. The van der Waals surface area contributed by atoms with Crippen molar-refractivity contribution in [1.82, 2.24) is 4.57 Å². The molecular formula is C24H23NO. The van der Waals surface area contributed by atoms with E-state index in [0.717, 1.165) is 18.4 Å². The fourth-order valence-electron chi connectivity index (χ4n) is 3.73. The zero-order valence-corrected chi connectivity index (χ0v) is 15.0. The summed E-state index contributed by atoms with van der Waals surface area (Å²) in [6.07, 6.45) is 1.80. The van der Waals surface area contributed by atoms with Crippen molar-refractivity contribution in [2.24, 2.45) is 7.05 Å². The molecule has 2 heteroatoms. The van der Waals surface area contributed by atoms with E-state index in [4.69, 9.17) is 0 Å². The molecule has 0 atom stereocenters. The van der Waals surface area contributed by atoms with Gasteiger partial charge in [-0.15, -0.1) is 0 Å². The van der Waals surface area contributed by atoms with Crippen molar-refractivity contribution >= 4 is 10.9 Å². The van der Waals surface area contributed by atoms with Gasteiger partial charge in [0.25, 0.3) is 0 Å². The number of hydrogen-bond acceptors (Lipinski definition) is 1. The van der Waals surface area contributed by atoms with E-state index < -0.39 is 0 Å². The Labute approximate surface area is 154 Å². The van der Waals surface area contributed by atoms with Gasteiger partial charge in [-0.1, -0.05) is 66.7 Å². The van der Waals surface area contributed by atoms with Crippen molar-refractivity contribution in [1.29, 1.82) is 0 Å². The van der Waals surface area contributed by atoms with Gasteiger partial charge < -0.3 is 9.67 Å². The number of benzene rings is 3. The number of hydrogen-bond donors (Lipinski definition) is 1. The van der Waals surface area contributed by atoms with Gasteiger partial charge in [-0.05, 0) is 40.8 Å². The predicted octanol–water partition coefficient (Wildman–Crippen LogP) is 4.85. The first-order valence-corrected chi connectivity index (χ1v) is 9.04.